The predicted octanol–water partition coefficient (Wildman–Crippen LogP) is 3.34. The lowest BCUT2D eigenvalue weighted by Crippen LogP contribution is -2.40. The number of amides is 1. The van der Waals surface area contributed by atoms with Crippen LogP contribution in [0, 0.1) is 5.92 Å². The summed E-state index contributed by atoms with van der Waals surface area (Å²) in [5.74, 6) is 2.26. The first-order valence-electron chi connectivity index (χ1n) is 10.2. The molecule has 27 heavy (non-hydrogen) atoms. The minimum Gasteiger partial charge on any atom is -0.490 e. The first-order chi connectivity index (χ1) is 13.1. The number of hydrogen-bond acceptors (Lipinski definition) is 5. The molecule has 1 aromatic carbocycles. The van der Waals surface area contributed by atoms with E-state index in [1.54, 1.807) is 12.1 Å². The Labute approximate surface area is 163 Å². The van der Waals surface area contributed by atoms with Crippen molar-refractivity contribution in [2.24, 2.45) is 5.92 Å². The summed E-state index contributed by atoms with van der Waals surface area (Å²) in [6.45, 7) is 13.2. The van der Waals surface area contributed by atoms with Crippen LogP contribution in [0.3, 0.4) is 0 Å². The van der Waals surface area contributed by atoms with Gasteiger partial charge in [-0.25, -0.2) is 0 Å². The summed E-state index contributed by atoms with van der Waals surface area (Å²) < 4.78 is 17.1. The van der Waals surface area contributed by atoms with Crippen LogP contribution in [0.4, 0.5) is 0 Å². The average molecular weight is 379 g/mol. The van der Waals surface area contributed by atoms with E-state index in [1.807, 2.05) is 20.8 Å². The first kappa shape index (κ1) is 21.4. The molecule has 1 saturated heterocycles. The number of piperidine rings is 1. The van der Waals surface area contributed by atoms with E-state index in [0.29, 0.717) is 49.2 Å². The topological polar surface area (TPSA) is 60.0 Å². The maximum atomic E-state index is 12.7. The molecule has 1 atom stereocenters. The van der Waals surface area contributed by atoms with E-state index in [9.17, 15) is 4.79 Å². The molecule has 1 heterocycles. The van der Waals surface area contributed by atoms with E-state index >= 15 is 0 Å². The molecule has 0 aromatic heterocycles. The highest BCUT2D eigenvalue weighted by molar-refractivity contribution is 5.95. The molecule has 2 rings (SSSR count). The molecule has 1 aliphatic heterocycles. The van der Waals surface area contributed by atoms with E-state index in [-0.39, 0.29) is 5.91 Å². The van der Waals surface area contributed by atoms with Gasteiger partial charge >= 0.3 is 0 Å². The fraction of sp³-hybridized carbons (Fsp3) is 0.667. The van der Waals surface area contributed by atoms with Crippen molar-refractivity contribution in [2.45, 2.75) is 40.5 Å². The molecule has 1 N–H and O–H groups in total. The number of rotatable bonds is 10. The van der Waals surface area contributed by atoms with Crippen molar-refractivity contribution in [2.75, 3.05) is 46.0 Å². The van der Waals surface area contributed by atoms with Crippen molar-refractivity contribution < 1.29 is 19.0 Å². The number of ether oxygens (including phenoxy) is 3. The van der Waals surface area contributed by atoms with Crippen LogP contribution in [0.5, 0.6) is 17.2 Å². The molecule has 0 radical (unpaired) electrons. The monoisotopic (exact) mass is 378 g/mol. The van der Waals surface area contributed by atoms with Crippen molar-refractivity contribution in [1.29, 1.82) is 0 Å². The van der Waals surface area contributed by atoms with Crippen LogP contribution in [0.1, 0.15) is 50.9 Å². The molecule has 0 spiro atoms. The maximum Gasteiger partial charge on any atom is 0.251 e. The highest BCUT2D eigenvalue weighted by Crippen LogP contribution is 2.39. The normalized spacial score (nSPS) is 17.4. The van der Waals surface area contributed by atoms with Gasteiger partial charge in [-0.3, -0.25) is 4.79 Å². The van der Waals surface area contributed by atoms with Gasteiger partial charge in [0, 0.05) is 25.2 Å². The molecule has 1 aliphatic rings. The van der Waals surface area contributed by atoms with Crippen LogP contribution in [-0.4, -0.2) is 56.8 Å². The van der Waals surface area contributed by atoms with Gasteiger partial charge in [0.25, 0.3) is 5.91 Å². The molecule has 0 aliphatic carbocycles. The molecule has 1 unspecified atom stereocenters. The van der Waals surface area contributed by atoms with Gasteiger partial charge in [0.2, 0.25) is 5.75 Å². The first-order valence-corrected chi connectivity index (χ1v) is 10.2. The minimum absolute atomic E-state index is 0.120. The molecule has 1 fully saturated rings. The second-order valence-corrected chi connectivity index (χ2v) is 6.90. The van der Waals surface area contributed by atoms with Crippen LogP contribution < -0.4 is 19.5 Å². The zero-order valence-corrected chi connectivity index (χ0v) is 17.2. The summed E-state index contributed by atoms with van der Waals surface area (Å²) >= 11 is 0. The van der Waals surface area contributed by atoms with Crippen LogP contribution in [0.15, 0.2) is 12.1 Å². The van der Waals surface area contributed by atoms with Gasteiger partial charge in [0.05, 0.1) is 19.8 Å². The van der Waals surface area contributed by atoms with Crippen molar-refractivity contribution >= 4 is 5.91 Å². The predicted molar refractivity (Wildman–Crippen MR) is 107 cm³/mol. The van der Waals surface area contributed by atoms with Gasteiger partial charge < -0.3 is 24.4 Å². The Morgan fingerprint density at radius 2 is 1.74 bits per heavy atom. The Bertz CT molecular complexity index is 579. The largest absolute Gasteiger partial charge is 0.490 e. The highest BCUT2D eigenvalue weighted by atomic mass is 16.5. The fourth-order valence-corrected chi connectivity index (χ4v) is 3.44. The fourth-order valence-electron chi connectivity index (χ4n) is 3.44. The quantitative estimate of drug-likeness (QED) is 0.677. The number of hydrogen-bond donors (Lipinski definition) is 1. The van der Waals surface area contributed by atoms with Crippen LogP contribution >= 0.6 is 0 Å². The lowest BCUT2D eigenvalue weighted by atomic mass is 10.0. The van der Waals surface area contributed by atoms with Crippen LogP contribution in [0.25, 0.3) is 0 Å². The van der Waals surface area contributed by atoms with E-state index in [4.69, 9.17) is 14.2 Å². The lowest BCUT2D eigenvalue weighted by Gasteiger charge is -2.30. The molecule has 6 nitrogen and oxygen atoms in total. The molecule has 1 aromatic rings. The standard InChI is InChI=1S/C21H34N2O4/c1-5-25-18-13-17(14-19(26-6-2)20(18)27-7-3)21(24)22-10-12-23-11-8-9-16(4)15-23/h13-14,16H,5-12,15H2,1-4H3,(H,22,24). The van der Waals surface area contributed by atoms with E-state index in [1.165, 1.54) is 12.8 Å². The summed E-state index contributed by atoms with van der Waals surface area (Å²) in [4.78, 5) is 15.1. The van der Waals surface area contributed by atoms with Crippen molar-refractivity contribution in [1.82, 2.24) is 10.2 Å². The molecule has 6 heteroatoms. The minimum atomic E-state index is -0.120. The Balaban J connectivity index is 2.05. The zero-order chi connectivity index (χ0) is 19.6. The number of benzene rings is 1. The number of carbonyl (C=O) groups is 1. The van der Waals surface area contributed by atoms with Crippen LogP contribution in [-0.2, 0) is 0 Å². The summed E-state index contributed by atoms with van der Waals surface area (Å²) in [6, 6.07) is 3.46. The average Bonchev–Trinajstić information content (AvgIpc) is 2.64. The molecule has 1 amide bonds. The summed E-state index contributed by atoms with van der Waals surface area (Å²) in [7, 11) is 0. The third-order valence-corrected chi connectivity index (χ3v) is 4.63. The van der Waals surface area contributed by atoms with E-state index in [0.717, 1.165) is 25.6 Å². The van der Waals surface area contributed by atoms with Crippen molar-refractivity contribution in [3.63, 3.8) is 0 Å². The van der Waals surface area contributed by atoms with Gasteiger partial charge in [0.1, 0.15) is 0 Å². The third-order valence-electron chi connectivity index (χ3n) is 4.63. The van der Waals surface area contributed by atoms with E-state index < -0.39 is 0 Å². The molecular formula is C21H34N2O4. The van der Waals surface area contributed by atoms with Gasteiger partial charge in [-0.15, -0.1) is 0 Å². The van der Waals surface area contributed by atoms with Gasteiger partial charge in [0.15, 0.2) is 11.5 Å². The Hall–Kier alpha value is -1.95. The SMILES string of the molecule is CCOc1cc(C(=O)NCCN2CCCC(C)C2)cc(OCC)c1OCC. The zero-order valence-electron chi connectivity index (χ0n) is 17.2. The smallest absolute Gasteiger partial charge is 0.251 e. The lowest BCUT2D eigenvalue weighted by molar-refractivity contribution is 0.0942. The summed E-state index contributed by atoms with van der Waals surface area (Å²) in [5, 5.41) is 3.02. The van der Waals surface area contributed by atoms with Gasteiger partial charge in [-0.2, -0.15) is 0 Å². The molecular weight excluding hydrogens is 344 g/mol. The van der Waals surface area contributed by atoms with Crippen LogP contribution in [0.2, 0.25) is 0 Å². The number of nitrogens with one attached hydrogen (secondary N) is 1. The van der Waals surface area contributed by atoms with Gasteiger partial charge in [-0.05, 0) is 58.2 Å². The maximum absolute atomic E-state index is 12.7. The molecule has 0 saturated carbocycles. The second kappa shape index (κ2) is 11.0. The third kappa shape index (κ3) is 6.31. The summed E-state index contributed by atoms with van der Waals surface area (Å²) in [6.07, 6.45) is 2.54. The van der Waals surface area contributed by atoms with Gasteiger partial charge in [-0.1, -0.05) is 6.92 Å². The number of nitrogens with zero attached hydrogens (tertiary/aromatic N) is 1. The molecule has 152 valence electrons. The Morgan fingerprint density at radius 3 is 2.30 bits per heavy atom. The van der Waals surface area contributed by atoms with Crippen molar-refractivity contribution in [3.05, 3.63) is 17.7 Å². The van der Waals surface area contributed by atoms with E-state index in [2.05, 4.69) is 17.1 Å². The summed E-state index contributed by atoms with van der Waals surface area (Å²) in [5.41, 5.74) is 0.525. The van der Waals surface area contributed by atoms with Crippen molar-refractivity contribution in [3.8, 4) is 17.2 Å². The Kier molecular flexibility index (Phi) is 8.72. The number of carbonyl (C=O) groups excluding carboxylic acids is 1. The Morgan fingerprint density at radius 1 is 1.11 bits per heavy atom. The second-order valence-electron chi connectivity index (χ2n) is 6.90. The molecule has 0 bridgehead atoms. The highest BCUT2D eigenvalue weighted by Gasteiger charge is 2.19. The number of likely N-dealkylation sites (tertiary alicyclic amines) is 1.